The zero-order valence-corrected chi connectivity index (χ0v) is 41.6. The molecule has 0 spiro atoms. The Labute approximate surface area is 386 Å². The van der Waals surface area contributed by atoms with Crippen molar-refractivity contribution in [2.75, 3.05) is 19.8 Å². The molecule has 5 nitrogen and oxygen atoms in total. The van der Waals surface area contributed by atoms with E-state index in [1.54, 1.807) is 0 Å². The van der Waals surface area contributed by atoms with Crippen LogP contribution < -0.4 is 0 Å². The number of esters is 2. The Bertz CT molecular complexity index is 1030. The van der Waals surface area contributed by atoms with Crippen LogP contribution in [0.2, 0.25) is 0 Å². The third kappa shape index (κ3) is 50.5. The van der Waals surface area contributed by atoms with Gasteiger partial charge in [-0.2, -0.15) is 0 Å². The van der Waals surface area contributed by atoms with Gasteiger partial charge in [-0.25, -0.2) is 0 Å². The molecule has 0 fully saturated rings. The van der Waals surface area contributed by atoms with Crippen LogP contribution in [0.25, 0.3) is 0 Å². The molecule has 0 N–H and O–H groups in total. The molecular weight excluding hydrogens is 765 g/mol. The molecule has 0 heterocycles. The maximum atomic E-state index is 12.8. The molecule has 5 heteroatoms. The SMILES string of the molecule is CCCCC/C=C\C/C=C\CCCCCCCCCCOCC(COC(=O)CCCCCCC/C=C\C/C=C\CCCCC)OC(=O)CCCCCCCCCCCCCCC. The van der Waals surface area contributed by atoms with Crippen LogP contribution in [0.15, 0.2) is 48.6 Å². The van der Waals surface area contributed by atoms with Gasteiger partial charge in [-0.3, -0.25) is 9.59 Å². The lowest BCUT2D eigenvalue weighted by Crippen LogP contribution is -2.30. The maximum Gasteiger partial charge on any atom is 0.306 e. The molecule has 362 valence electrons. The number of rotatable bonds is 50. The summed E-state index contributed by atoms with van der Waals surface area (Å²) in [5.41, 5.74) is 0. The molecule has 0 aromatic carbocycles. The van der Waals surface area contributed by atoms with E-state index < -0.39 is 6.10 Å². The third-order valence-corrected chi connectivity index (χ3v) is 11.8. The molecule has 1 unspecified atom stereocenters. The van der Waals surface area contributed by atoms with Crippen molar-refractivity contribution in [3.05, 3.63) is 48.6 Å². The fraction of sp³-hybridized carbons (Fsp3) is 0.825. The molecule has 0 aliphatic rings. The van der Waals surface area contributed by atoms with Gasteiger partial charge in [0.25, 0.3) is 0 Å². The first kappa shape index (κ1) is 59.9. The summed E-state index contributed by atoms with van der Waals surface area (Å²) in [6, 6.07) is 0. The van der Waals surface area contributed by atoms with E-state index >= 15 is 0 Å². The van der Waals surface area contributed by atoms with Gasteiger partial charge < -0.3 is 14.2 Å². The van der Waals surface area contributed by atoms with Crippen molar-refractivity contribution >= 4 is 11.9 Å². The highest BCUT2D eigenvalue weighted by Crippen LogP contribution is 2.15. The first-order valence-corrected chi connectivity index (χ1v) is 27.2. The number of allylic oxidation sites excluding steroid dienone is 8. The molecule has 0 aliphatic heterocycles. The van der Waals surface area contributed by atoms with Gasteiger partial charge >= 0.3 is 11.9 Å². The van der Waals surface area contributed by atoms with Crippen molar-refractivity contribution in [1.29, 1.82) is 0 Å². The number of carbonyl (C=O) groups excluding carboxylic acids is 2. The van der Waals surface area contributed by atoms with Gasteiger partial charge in [0.2, 0.25) is 0 Å². The average molecular weight is 869 g/mol. The quantitative estimate of drug-likeness (QED) is 0.0346. The first-order chi connectivity index (χ1) is 30.6. The highest BCUT2D eigenvalue weighted by atomic mass is 16.6. The molecule has 1 atom stereocenters. The van der Waals surface area contributed by atoms with E-state index in [9.17, 15) is 9.59 Å². The minimum Gasteiger partial charge on any atom is -0.462 e. The number of ether oxygens (including phenoxy) is 3. The Kier molecular flexibility index (Phi) is 51.4. The van der Waals surface area contributed by atoms with Gasteiger partial charge in [0.05, 0.1) is 6.61 Å². The van der Waals surface area contributed by atoms with Crippen molar-refractivity contribution in [2.24, 2.45) is 0 Å². The molecule has 0 bridgehead atoms. The van der Waals surface area contributed by atoms with Gasteiger partial charge in [-0.15, -0.1) is 0 Å². The highest BCUT2D eigenvalue weighted by molar-refractivity contribution is 5.70. The first-order valence-electron chi connectivity index (χ1n) is 27.2. The summed E-state index contributed by atoms with van der Waals surface area (Å²) in [7, 11) is 0. The van der Waals surface area contributed by atoms with E-state index in [4.69, 9.17) is 14.2 Å². The molecule has 0 aromatic heterocycles. The Balaban J connectivity index is 4.26. The second-order valence-corrected chi connectivity index (χ2v) is 18.1. The molecule has 0 aromatic rings. The lowest BCUT2D eigenvalue weighted by Gasteiger charge is -2.18. The van der Waals surface area contributed by atoms with E-state index in [1.807, 2.05) is 0 Å². The lowest BCUT2D eigenvalue weighted by atomic mass is 10.0. The molecule has 0 radical (unpaired) electrons. The van der Waals surface area contributed by atoms with Crippen molar-refractivity contribution in [1.82, 2.24) is 0 Å². The summed E-state index contributed by atoms with van der Waals surface area (Å²) in [5.74, 6) is -0.404. The van der Waals surface area contributed by atoms with Gasteiger partial charge in [-0.1, -0.05) is 230 Å². The van der Waals surface area contributed by atoms with Crippen molar-refractivity contribution in [3.8, 4) is 0 Å². The molecular formula is C57H104O5. The van der Waals surface area contributed by atoms with Crippen LogP contribution in [0.4, 0.5) is 0 Å². The Morgan fingerprint density at radius 1 is 0.355 bits per heavy atom. The second-order valence-electron chi connectivity index (χ2n) is 18.1. The van der Waals surface area contributed by atoms with Crippen LogP contribution in [-0.4, -0.2) is 37.9 Å². The summed E-state index contributed by atoms with van der Waals surface area (Å²) >= 11 is 0. The third-order valence-electron chi connectivity index (χ3n) is 11.8. The summed E-state index contributed by atoms with van der Waals surface area (Å²) in [6.45, 7) is 7.79. The average Bonchev–Trinajstić information content (AvgIpc) is 3.27. The molecule has 0 amide bonds. The van der Waals surface area contributed by atoms with E-state index in [2.05, 4.69) is 69.4 Å². The van der Waals surface area contributed by atoms with E-state index in [-0.39, 0.29) is 25.2 Å². The smallest absolute Gasteiger partial charge is 0.306 e. The number of unbranched alkanes of at least 4 members (excludes halogenated alkanes) is 31. The van der Waals surface area contributed by atoms with Gasteiger partial charge in [0, 0.05) is 19.4 Å². The second kappa shape index (κ2) is 53.2. The van der Waals surface area contributed by atoms with Crippen LogP contribution in [-0.2, 0) is 23.8 Å². The summed E-state index contributed by atoms with van der Waals surface area (Å²) in [4.78, 5) is 25.4. The fourth-order valence-electron chi connectivity index (χ4n) is 7.75. The minimum absolute atomic E-state index is 0.0788. The van der Waals surface area contributed by atoms with Crippen LogP contribution in [0.1, 0.15) is 278 Å². The normalized spacial score (nSPS) is 12.5. The molecule has 0 saturated carbocycles. The van der Waals surface area contributed by atoms with E-state index in [0.717, 1.165) is 64.2 Å². The maximum absolute atomic E-state index is 12.8. The number of hydrogen-bond acceptors (Lipinski definition) is 5. The Morgan fingerprint density at radius 2 is 0.677 bits per heavy atom. The topological polar surface area (TPSA) is 61.8 Å². The van der Waals surface area contributed by atoms with Crippen molar-refractivity contribution < 1.29 is 23.8 Å². The monoisotopic (exact) mass is 869 g/mol. The van der Waals surface area contributed by atoms with Crippen molar-refractivity contribution in [2.45, 2.75) is 284 Å². The van der Waals surface area contributed by atoms with Gasteiger partial charge in [0.15, 0.2) is 6.10 Å². The van der Waals surface area contributed by atoms with Crippen LogP contribution in [0.3, 0.4) is 0 Å². The van der Waals surface area contributed by atoms with E-state index in [1.165, 1.54) is 180 Å². The highest BCUT2D eigenvalue weighted by Gasteiger charge is 2.17. The number of carbonyl (C=O) groups is 2. The number of hydrogen-bond donors (Lipinski definition) is 0. The van der Waals surface area contributed by atoms with Crippen LogP contribution in [0, 0.1) is 0 Å². The van der Waals surface area contributed by atoms with Gasteiger partial charge in [-0.05, 0) is 83.5 Å². The zero-order chi connectivity index (χ0) is 44.9. The predicted octanol–water partition coefficient (Wildman–Crippen LogP) is 18.3. The standard InChI is InChI=1S/C57H104O5/c1-4-7-10-13-16-19-22-25-27-28-29-31-34-37-40-43-46-49-52-60-53-55(62-57(59)51-48-45-42-39-36-32-24-21-18-15-12-9-6-3)54-61-56(58)50-47-44-41-38-35-33-30-26-23-20-17-14-11-8-5-2/h16-17,19-20,25-27,30,55H,4-15,18,21-24,28-29,31-54H2,1-3H3/b19-16-,20-17-,27-25-,30-26-. The Hall–Kier alpha value is -2.14. The van der Waals surface area contributed by atoms with Crippen molar-refractivity contribution in [3.63, 3.8) is 0 Å². The largest absolute Gasteiger partial charge is 0.462 e. The molecule has 0 saturated heterocycles. The van der Waals surface area contributed by atoms with Crippen LogP contribution in [0.5, 0.6) is 0 Å². The lowest BCUT2D eigenvalue weighted by molar-refractivity contribution is -0.163. The van der Waals surface area contributed by atoms with E-state index in [0.29, 0.717) is 19.4 Å². The summed E-state index contributed by atoms with van der Waals surface area (Å²) in [5, 5.41) is 0. The van der Waals surface area contributed by atoms with Crippen LogP contribution >= 0.6 is 0 Å². The molecule has 0 rings (SSSR count). The predicted molar refractivity (Wildman–Crippen MR) is 270 cm³/mol. The zero-order valence-electron chi connectivity index (χ0n) is 41.6. The fourth-order valence-corrected chi connectivity index (χ4v) is 7.75. The summed E-state index contributed by atoms with van der Waals surface area (Å²) in [6.07, 6.45) is 65.4. The van der Waals surface area contributed by atoms with Gasteiger partial charge in [0.1, 0.15) is 6.61 Å². The molecule has 62 heavy (non-hydrogen) atoms. The Morgan fingerprint density at radius 3 is 1.10 bits per heavy atom. The molecule has 0 aliphatic carbocycles. The minimum atomic E-state index is -0.542. The summed E-state index contributed by atoms with van der Waals surface area (Å²) < 4.78 is 17.4.